The van der Waals surface area contributed by atoms with Crippen LogP contribution in [0.5, 0.6) is 5.75 Å². The van der Waals surface area contributed by atoms with Crippen molar-refractivity contribution >= 4 is 50.1 Å². The number of carbonyl (C=O) groups is 2. The van der Waals surface area contributed by atoms with Crippen LogP contribution in [0.1, 0.15) is 24.5 Å². The molecule has 0 radical (unpaired) electrons. The lowest BCUT2D eigenvalue weighted by Gasteiger charge is -2.31. The van der Waals surface area contributed by atoms with E-state index in [9.17, 15) is 9.59 Å². The maximum Gasteiger partial charge on any atom is 0.261 e. The van der Waals surface area contributed by atoms with Crippen molar-refractivity contribution in [3.8, 4) is 5.75 Å². The smallest absolute Gasteiger partial charge is 0.261 e. The van der Waals surface area contributed by atoms with E-state index >= 15 is 0 Å². The molecule has 1 atom stereocenters. The van der Waals surface area contributed by atoms with Crippen molar-refractivity contribution in [1.82, 2.24) is 10.2 Å². The molecule has 0 heterocycles. The number of nitrogens with one attached hydrogen (secondary N) is 1. The van der Waals surface area contributed by atoms with E-state index in [1.54, 1.807) is 17.0 Å². The summed E-state index contributed by atoms with van der Waals surface area (Å²) in [5, 5.41) is 5.66. The Hall–Kier alpha value is -3.35. The first-order valence-electron chi connectivity index (χ1n) is 12.6. The molecule has 0 saturated heterocycles. The van der Waals surface area contributed by atoms with E-state index in [-0.39, 0.29) is 25.0 Å². The van der Waals surface area contributed by atoms with Gasteiger partial charge in [-0.3, -0.25) is 9.59 Å². The van der Waals surface area contributed by atoms with Gasteiger partial charge in [0.25, 0.3) is 5.91 Å². The van der Waals surface area contributed by atoms with Gasteiger partial charge in [-0.25, -0.2) is 0 Å². The number of rotatable bonds is 11. The van der Waals surface area contributed by atoms with E-state index < -0.39 is 6.04 Å². The van der Waals surface area contributed by atoms with Gasteiger partial charge in [-0.15, -0.1) is 0 Å². The van der Waals surface area contributed by atoms with E-state index in [0.29, 0.717) is 23.7 Å². The Morgan fingerprint density at radius 3 is 2.37 bits per heavy atom. The normalized spacial score (nSPS) is 11.7. The summed E-state index contributed by atoms with van der Waals surface area (Å²) < 4.78 is 6.80. The predicted molar refractivity (Wildman–Crippen MR) is 156 cm³/mol. The summed E-state index contributed by atoms with van der Waals surface area (Å²) in [4.78, 5) is 28.8. The van der Waals surface area contributed by atoms with Gasteiger partial charge in [-0.05, 0) is 62.4 Å². The van der Waals surface area contributed by atoms with Crippen LogP contribution >= 0.6 is 27.5 Å². The fourth-order valence-corrected chi connectivity index (χ4v) is 4.99. The number of hydrogen-bond acceptors (Lipinski definition) is 3. The molecule has 0 fully saturated rings. The van der Waals surface area contributed by atoms with Gasteiger partial charge in [-0.2, -0.15) is 0 Å². The van der Waals surface area contributed by atoms with Gasteiger partial charge in [0.05, 0.1) is 4.47 Å². The van der Waals surface area contributed by atoms with Crippen molar-refractivity contribution in [3.05, 3.63) is 112 Å². The zero-order valence-electron chi connectivity index (χ0n) is 21.2. The van der Waals surface area contributed by atoms with Crippen LogP contribution in [-0.2, 0) is 22.6 Å². The summed E-state index contributed by atoms with van der Waals surface area (Å²) in [6.45, 7) is 2.57. The van der Waals surface area contributed by atoms with Crippen LogP contribution in [0, 0.1) is 0 Å². The molecular weight excluding hydrogens is 564 g/mol. The lowest BCUT2D eigenvalue weighted by Crippen LogP contribution is -2.51. The van der Waals surface area contributed by atoms with Crippen molar-refractivity contribution in [3.63, 3.8) is 0 Å². The SMILES string of the molecule is CCCNC(=O)C(Cc1ccccc1)N(Cc1ccc(Cl)cc1)C(=O)COc1ccc2ccccc2c1Br. The van der Waals surface area contributed by atoms with Crippen LogP contribution in [0.15, 0.2) is 95.5 Å². The van der Waals surface area contributed by atoms with Crippen LogP contribution in [0.2, 0.25) is 5.02 Å². The second kappa shape index (κ2) is 13.4. The lowest BCUT2D eigenvalue weighted by atomic mass is 10.0. The Morgan fingerprint density at radius 1 is 0.921 bits per heavy atom. The quantitative estimate of drug-likeness (QED) is 0.208. The number of amides is 2. The van der Waals surface area contributed by atoms with Gasteiger partial charge in [0, 0.05) is 24.5 Å². The summed E-state index contributed by atoms with van der Waals surface area (Å²) in [6, 6.07) is 28.1. The van der Waals surface area contributed by atoms with E-state index in [2.05, 4.69) is 21.2 Å². The van der Waals surface area contributed by atoms with Crippen LogP contribution < -0.4 is 10.1 Å². The third kappa shape index (κ3) is 7.15. The molecule has 0 bridgehead atoms. The second-order valence-electron chi connectivity index (χ2n) is 9.03. The standard InChI is InChI=1S/C31H30BrClN2O3/c1-2-18-34-31(37)27(19-22-8-4-3-5-9-22)35(20-23-12-15-25(33)16-13-23)29(36)21-38-28-17-14-24-10-6-7-11-26(24)30(28)32/h3-17,27H,2,18-21H2,1H3,(H,34,37). The molecule has 2 amide bonds. The van der Waals surface area contributed by atoms with Crippen LogP contribution in [0.3, 0.4) is 0 Å². The average Bonchev–Trinajstić information content (AvgIpc) is 2.94. The van der Waals surface area contributed by atoms with Crippen molar-refractivity contribution in [2.75, 3.05) is 13.2 Å². The summed E-state index contributed by atoms with van der Waals surface area (Å²) in [6.07, 6.45) is 1.18. The maximum atomic E-state index is 13.8. The predicted octanol–water partition coefficient (Wildman–Crippen LogP) is 6.80. The third-order valence-electron chi connectivity index (χ3n) is 6.27. The average molecular weight is 594 g/mol. The molecule has 38 heavy (non-hydrogen) atoms. The highest BCUT2D eigenvalue weighted by atomic mass is 79.9. The molecule has 1 unspecified atom stereocenters. The molecule has 0 saturated carbocycles. The fraction of sp³-hybridized carbons (Fsp3) is 0.226. The number of halogens is 2. The largest absolute Gasteiger partial charge is 0.483 e. The molecule has 196 valence electrons. The van der Waals surface area contributed by atoms with Crippen LogP contribution in [0.25, 0.3) is 10.8 Å². The first-order chi connectivity index (χ1) is 18.5. The van der Waals surface area contributed by atoms with Gasteiger partial charge >= 0.3 is 0 Å². The highest BCUT2D eigenvalue weighted by Gasteiger charge is 2.30. The molecule has 5 nitrogen and oxygen atoms in total. The molecule has 7 heteroatoms. The first kappa shape index (κ1) is 27.7. The van der Waals surface area contributed by atoms with Gasteiger partial charge < -0.3 is 15.0 Å². The van der Waals surface area contributed by atoms with Crippen molar-refractivity contribution in [2.45, 2.75) is 32.4 Å². The minimum absolute atomic E-state index is 0.190. The highest BCUT2D eigenvalue weighted by molar-refractivity contribution is 9.10. The molecule has 0 spiro atoms. The second-order valence-corrected chi connectivity index (χ2v) is 10.3. The molecule has 4 aromatic carbocycles. The number of hydrogen-bond donors (Lipinski definition) is 1. The van der Waals surface area contributed by atoms with Gasteiger partial charge in [0.1, 0.15) is 11.8 Å². The summed E-state index contributed by atoms with van der Waals surface area (Å²) in [7, 11) is 0. The zero-order chi connectivity index (χ0) is 26.9. The van der Waals surface area contributed by atoms with E-state index in [4.69, 9.17) is 16.3 Å². The number of carbonyl (C=O) groups excluding carboxylic acids is 2. The molecule has 4 aromatic rings. The number of benzene rings is 4. The Labute approximate surface area is 236 Å². The molecule has 0 aliphatic carbocycles. The van der Waals surface area contributed by atoms with Gasteiger partial charge in [-0.1, -0.05) is 91.3 Å². The van der Waals surface area contributed by atoms with Gasteiger partial charge in [0.2, 0.25) is 5.91 Å². The molecule has 1 N–H and O–H groups in total. The van der Waals surface area contributed by atoms with Crippen molar-refractivity contribution in [2.24, 2.45) is 0 Å². The molecular formula is C31H30BrClN2O3. The molecule has 0 aliphatic rings. The maximum absolute atomic E-state index is 13.8. The minimum Gasteiger partial charge on any atom is -0.483 e. The Bertz CT molecular complexity index is 1380. The lowest BCUT2D eigenvalue weighted by molar-refractivity contribution is -0.142. The van der Waals surface area contributed by atoms with Crippen molar-refractivity contribution in [1.29, 1.82) is 0 Å². The molecule has 4 rings (SSSR count). The van der Waals surface area contributed by atoms with E-state index in [1.807, 2.05) is 85.8 Å². The zero-order valence-corrected chi connectivity index (χ0v) is 23.5. The number of fused-ring (bicyclic) bond motifs is 1. The third-order valence-corrected chi connectivity index (χ3v) is 7.34. The fourth-order valence-electron chi connectivity index (χ4n) is 4.25. The monoisotopic (exact) mass is 592 g/mol. The minimum atomic E-state index is -0.712. The summed E-state index contributed by atoms with van der Waals surface area (Å²) >= 11 is 9.72. The van der Waals surface area contributed by atoms with Crippen LogP contribution in [0.4, 0.5) is 0 Å². The van der Waals surface area contributed by atoms with Crippen molar-refractivity contribution < 1.29 is 14.3 Å². The summed E-state index contributed by atoms with van der Waals surface area (Å²) in [5.74, 6) is 0.0935. The van der Waals surface area contributed by atoms with E-state index in [1.165, 1.54) is 0 Å². The molecule has 0 aromatic heterocycles. The Kier molecular flexibility index (Phi) is 9.79. The first-order valence-corrected chi connectivity index (χ1v) is 13.8. The Balaban J connectivity index is 1.62. The van der Waals surface area contributed by atoms with Gasteiger partial charge in [0.15, 0.2) is 6.61 Å². The van der Waals surface area contributed by atoms with Crippen LogP contribution in [-0.4, -0.2) is 35.9 Å². The number of nitrogens with zero attached hydrogens (tertiary/aromatic N) is 1. The highest BCUT2D eigenvalue weighted by Crippen LogP contribution is 2.33. The summed E-state index contributed by atoms with van der Waals surface area (Å²) in [5.41, 5.74) is 1.84. The topological polar surface area (TPSA) is 58.6 Å². The Morgan fingerprint density at radius 2 is 1.63 bits per heavy atom. The number of ether oxygens (including phenoxy) is 1. The van der Waals surface area contributed by atoms with E-state index in [0.717, 1.165) is 32.8 Å². The molecule has 0 aliphatic heterocycles.